The van der Waals surface area contributed by atoms with E-state index in [0.29, 0.717) is 36.1 Å². The van der Waals surface area contributed by atoms with Gasteiger partial charge in [0.15, 0.2) is 23.2 Å². The van der Waals surface area contributed by atoms with Gasteiger partial charge in [-0.1, -0.05) is 26.0 Å². The topological polar surface area (TPSA) is 131 Å². The molecule has 0 saturated carbocycles. The van der Waals surface area contributed by atoms with Crippen LogP contribution in [-0.2, 0) is 11.3 Å². The van der Waals surface area contributed by atoms with Crippen molar-refractivity contribution in [1.29, 1.82) is 0 Å². The molecule has 4 N–H and O–H groups in total. The lowest BCUT2D eigenvalue weighted by Crippen LogP contribution is -2.27. The zero-order chi connectivity index (χ0) is 24.7. The third kappa shape index (κ3) is 6.52. The van der Waals surface area contributed by atoms with Crippen molar-refractivity contribution in [2.24, 2.45) is 5.92 Å². The first-order chi connectivity index (χ1) is 16.3. The minimum Gasteiger partial charge on any atom is -0.494 e. The molecule has 10 heteroatoms. The van der Waals surface area contributed by atoms with Crippen LogP contribution in [-0.4, -0.2) is 54.9 Å². The quantitative estimate of drug-likeness (QED) is 0.318. The number of aromatic hydroxyl groups is 1. The van der Waals surface area contributed by atoms with Gasteiger partial charge in [-0.05, 0) is 31.4 Å². The Kier molecular flexibility index (Phi) is 8.55. The summed E-state index contributed by atoms with van der Waals surface area (Å²) in [5, 5.41) is 36.1. The zero-order valence-electron chi connectivity index (χ0n) is 19.6. The highest BCUT2D eigenvalue weighted by molar-refractivity contribution is 5.93. The van der Waals surface area contributed by atoms with Crippen LogP contribution in [0.4, 0.5) is 5.82 Å². The van der Waals surface area contributed by atoms with Crippen molar-refractivity contribution in [2.75, 3.05) is 18.5 Å². The molecular formula is C24H32N4O6. The maximum absolute atomic E-state index is 13.2. The van der Waals surface area contributed by atoms with E-state index in [9.17, 15) is 15.0 Å². The zero-order valence-corrected chi connectivity index (χ0v) is 19.6. The molecule has 2 aromatic heterocycles. The first-order valence-electron chi connectivity index (χ1n) is 11.2. The molecule has 1 aromatic carbocycles. The number of nitrogens with one attached hydrogen (secondary N) is 1. The summed E-state index contributed by atoms with van der Waals surface area (Å²) >= 11 is 0. The van der Waals surface area contributed by atoms with Gasteiger partial charge in [-0.15, -0.1) is 0 Å². The van der Waals surface area contributed by atoms with Crippen molar-refractivity contribution in [1.82, 2.24) is 14.3 Å². The fourth-order valence-corrected chi connectivity index (χ4v) is 3.49. The smallest absolute Gasteiger partial charge is 0.248 e. The third-order valence-corrected chi connectivity index (χ3v) is 5.01. The molecule has 10 nitrogen and oxygen atoms in total. The highest BCUT2D eigenvalue weighted by Crippen LogP contribution is 2.36. The van der Waals surface area contributed by atoms with Crippen molar-refractivity contribution in [2.45, 2.75) is 45.9 Å². The van der Waals surface area contributed by atoms with Gasteiger partial charge in [0, 0.05) is 18.3 Å². The lowest BCUT2D eigenvalue weighted by Gasteiger charge is -2.20. The number of hydrogen-bond donors (Lipinski definition) is 4. The Hall–Kier alpha value is -3.50. The average molecular weight is 473 g/mol. The van der Waals surface area contributed by atoms with Gasteiger partial charge >= 0.3 is 0 Å². The average Bonchev–Trinajstić information content (AvgIpc) is 3.38. The van der Waals surface area contributed by atoms with Crippen LogP contribution in [0.2, 0.25) is 0 Å². The first-order valence-corrected chi connectivity index (χ1v) is 11.2. The number of aliphatic hydroxyl groups is 2. The van der Waals surface area contributed by atoms with Crippen molar-refractivity contribution in [3.8, 4) is 23.1 Å². The summed E-state index contributed by atoms with van der Waals surface area (Å²) in [5.41, 5.74) is 0. The number of carbonyl (C=O) groups is 1. The van der Waals surface area contributed by atoms with Gasteiger partial charge in [-0.25, -0.2) is 0 Å². The van der Waals surface area contributed by atoms with Gasteiger partial charge in [0.25, 0.3) is 0 Å². The summed E-state index contributed by atoms with van der Waals surface area (Å²) in [5.74, 6) is 1.46. The van der Waals surface area contributed by atoms with Gasteiger partial charge in [0.1, 0.15) is 11.8 Å². The molecule has 0 fully saturated rings. The van der Waals surface area contributed by atoms with Crippen LogP contribution in [0.5, 0.6) is 23.1 Å². The van der Waals surface area contributed by atoms with Crippen molar-refractivity contribution < 1.29 is 29.6 Å². The van der Waals surface area contributed by atoms with Gasteiger partial charge < -0.3 is 34.7 Å². The Labute approximate surface area is 198 Å². The molecule has 0 aliphatic rings. The monoisotopic (exact) mass is 472 g/mol. The van der Waals surface area contributed by atoms with Crippen LogP contribution in [0.3, 0.4) is 0 Å². The number of aromatic nitrogens is 3. The predicted molar refractivity (Wildman–Crippen MR) is 126 cm³/mol. The van der Waals surface area contributed by atoms with E-state index < -0.39 is 12.1 Å². The van der Waals surface area contributed by atoms with Crippen LogP contribution >= 0.6 is 0 Å². The molecule has 2 atom stereocenters. The Morgan fingerprint density at radius 1 is 1.21 bits per heavy atom. The second-order valence-electron chi connectivity index (χ2n) is 8.32. The Morgan fingerprint density at radius 3 is 2.62 bits per heavy atom. The van der Waals surface area contributed by atoms with E-state index in [1.807, 2.05) is 32.9 Å². The van der Waals surface area contributed by atoms with Crippen LogP contribution in [0, 0.1) is 5.92 Å². The Morgan fingerprint density at radius 2 is 1.94 bits per heavy atom. The number of anilines is 1. The van der Waals surface area contributed by atoms with E-state index in [1.165, 1.54) is 15.3 Å². The summed E-state index contributed by atoms with van der Waals surface area (Å²) in [4.78, 5) is 13.2. The summed E-state index contributed by atoms with van der Waals surface area (Å²) in [6.07, 6.45) is 2.70. The summed E-state index contributed by atoms with van der Waals surface area (Å²) < 4.78 is 14.4. The summed E-state index contributed by atoms with van der Waals surface area (Å²) in [6, 6.07) is 9.56. The van der Waals surface area contributed by atoms with Crippen molar-refractivity contribution in [3.63, 3.8) is 0 Å². The molecule has 0 aliphatic carbocycles. The molecular weight excluding hydrogens is 440 g/mol. The molecule has 34 heavy (non-hydrogen) atoms. The van der Waals surface area contributed by atoms with Crippen LogP contribution in [0.1, 0.15) is 33.2 Å². The van der Waals surface area contributed by atoms with Crippen LogP contribution in [0.25, 0.3) is 0 Å². The molecule has 0 radical (unpaired) electrons. The van der Waals surface area contributed by atoms with Gasteiger partial charge in [0.2, 0.25) is 5.91 Å². The number of ether oxygens (including phenoxy) is 2. The highest BCUT2D eigenvalue weighted by atomic mass is 16.5. The van der Waals surface area contributed by atoms with E-state index >= 15 is 0 Å². The molecule has 2 heterocycles. The van der Waals surface area contributed by atoms with Crippen molar-refractivity contribution >= 4 is 11.7 Å². The summed E-state index contributed by atoms with van der Waals surface area (Å²) in [6.45, 7) is 6.06. The van der Waals surface area contributed by atoms with Gasteiger partial charge in [-0.3, -0.25) is 9.48 Å². The molecule has 0 bridgehead atoms. The summed E-state index contributed by atoms with van der Waals surface area (Å²) in [7, 11) is 0. The highest BCUT2D eigenvalue weighted by Gasteiger charge is 2.26. The normalized spacial score (nSPS) is 13.0. The maximum Gasteiger partial charge on any atom is 0.248 e. The molecule has 1 amide bonds. The van der Waals surface area contributed by atoms with Crippen molar-refractivity contribution in [3.05, 3.63) is 48.8 Å². The van der Waals surface area contributed by atoms with Gasteiger partial charge in [-0.2, -0.15) is 5.10 Å². The van der Waals surface area contributed by atoms with E-state index in [2.05, 4.69) is 10.4 Å². The van der Waals surface area contributed by atoms with E-state index in [1.54, 1.807) is 30.6 Å². The number of rotatable bonds is 12. The second-order valence-corrected chi connectivity index (χ2v) is 8.32. The number of carbonyl (C=O) groups excluding carboxylic acids is 1. The standard InChI is InChI=1S/C24H32N4O6/c1-4-33-20-7-5-6-8-21(20)34-18-12-23(31)28(14-18)19(11-16(2)3)24(32)25-22-9-10-27(26-22)13-17(30)15-29/h5-10,12,14,16-17,19,29-31H,4,11,13,15H2,1-3H3,(H,25,26,32)/t17-,19+/m1/s1. The fourth-order valence-electron chi connectivity index (χ4n) is 3.49. The second kappa shape index (κ2) is 11.6. The SMILES string of the molecule is CCOc1ccccc1Oc1cc(O)n([C@@H](CC(C)C)C(=O)Nc2ccn(C[C@@H](O)CO)n2)c1. The molecule has 0 saturated heterocycles. The van der Waals surface area contributed by atoms with E-state index in [-0.39, 0.29) is 30.9 Å². The number of nitrogens with zero attached hydrogens (tertiary/aromatic N) is 3. The maximum atomic E-state index is 13.2. The number of amides is 1. The molecule has 3 rings (SSSR count). The van der Waals surface area contributed by atoms with E-state index in [0.717, 1.165) is 0 Å². The molecule has 0 spiro atoms. The molecule has 3 aromatic rings. The predicted octanol–water partition coefficient (Wildman–Crippen LogP) is 3.16. The van der Waals surface area contributed by atoms with E-state index in [4.69, 9.17) is 14.6 Å². The number of benzene rings is 1. The minimum atomic E-state index is -0.944. The van der Waals surface area contributed by atoms with Gasteiger partial charge in [0.05, 0.1) is 32.1 Å². The molecule has 184 valence electrons. The first kappa shape index (κ1) is 25.1. The minimum absolute atomic E-state index is 0.101. The Balaban J connectivity index is 1.79. The van der Waals surface area contributed by atoms with Crippen LogP contribution < -0.4 is 14.8 Å². The van der Waals surface area contributed by atoms with Crippen LogP contribution in [0.15, 0.2) is 48.8 Å². The fraction of sp³-hybridized carbons (Fsp3) is 0.417. The molecule has 0 unspecified atom stereocenters. The lowest BCUT2D eigenvalue weighted by molar-refractivity contribution is -0.119. The molecule has 0 aliphatic heterocycles. The lowest BCUT2D eigenvalue weighted by atomic mass is 10.0. The third-order valence-electron chi connectivity index (χ3n) is 5.01. The largest absolute Gasteiger partial charge is 0.494 e. The number of aliphatic hydroxyl groups excluding tert-OH is 2. The number of para-hydroxylation sites is 2. The Bertz CT molecular complexity index is 1080. The number of hydrogen-bond acceptors (Lipinski definition) is 7.